The lowest BCUT2D eigenvalue weighted by atomic mass is 10.1. The molecule has 0 spiro atoms. The van der Waals surface area contributed by atoms with Crippen LogP contribution in [-0.4, -0.2) is 47.8 Å². The largest absolute Gasteiger partial charge is 0.491 e. The molecule has 0 unspecified atom stereocenters. The van der Waals surface area contributed by atoms with Crippen molar-refractivity contribution >= 4 is 11.6 Å². The van der Waals surface area contributed by atoms with Gasteiger partial charge in [-0.05, 0) is 24.3 Å². The molecule has 1 amide bonds. The molecule has 0 aliphatic carbocycles. The number of hydrogen-bond acceptors (Lipinski definition) is 4. The van der Waals surface area contributed by atoms with Gasteiger partial charge >= 0.3 is 0 Å². The van der Waals surface area contributed by atoms with Gasteiger partial charge in [-0.1, -0.05) is 0 Å². The van der Waals surface area contributed by atoms with E-state index in [0.29, 0.717) is 25.4 Å². The lowest BCUT2D eigenvalue weighted by molar-refractivity contribution is 0.0726. The molecule has 116 valence electrons. The molecule has 1 aromatic heterocycles. The maximum Gasteiger partial charge on any atom is 0.274 e. The predicted molar refractivity (Wildman–Crippen MR) is 84.2 cm³/mol. The average molecular weight is 300 g/mol. The van der Waals surface area contributed by atoms with Crippen molar-refractivity contribution in [2.24, 2.45) is 7.05 Å². The molecule has 0 fully saturated rings. The topological polar surface area (TPSA) is 50.6 Å². The molecule has 0 atom stereocenters. The number of amides is 1. The molecule has 1 aliphatic heterocycles. The van der Waals surface area contributed by atoms with Gasteiger partial charge in [-0.15, -0.1) is 0 Å². The number of aryl methyl sites for hydroxylation is 1. The van der Waals surface area contributed by atoms with E-state index >= 15 is 0 Å². The maximum absolute atomic E-state index is 12.6. The lowest BCUT2D eigenvalue weighted by Crippen LogP contribution is -2.32. The smallest absolute Gasteiger partial charge is 0.274 e. The molecule has 0 N–H and O–H groups in total. The number of fused-ring (bicyclic) bond motifs is 1. The molecule has 2 heterocycles. The van der Waals surface area contributed by atoms with Crippen LogP contribution < -0.4 is 9.64 Å². The first-order valence-corrected chi connectivity index (χ1v) is 7.26. The summed E-state index contributed by atoms with van der Waals surface area (Å²) in [6.45, 7) is 1.58. The first kappa shape index (κ1) is 14.4. The minimum atomic E-state index is -0.0627. The minimum Gasteiger partial charge on any atom is -0.491 e. The zero-order chi connectivity index (χ0) is 15.7. The SMILES string of the molecule is CN(C)c1ccc2c(c1)CN(C(=O)c1ccn(C)n1)CCO2. The summed E-state index contributed by atoms with van der Waals surface area (Å²) in [4.78, 5) is 16.4. The number of nitrogens with zero attached hydrogens (tertiary/aromatic N) is 4. The van der Waals surface area contributed by atoms with Gasteiger partial charge in [-0.2, -0.15) is 5.10 Å². The second kappa shape index (κ2) is 5.71. The van der Waals surface area contributed by atoms with Gasteiger partial charge in [0, 0.05) is 45.1 Å². The number of carbonyl (C=O) groups is 1. The molecule has 2 aromatic rings. The van der Waals surface area contributed by atoms with Crippen molar-refractivity contribution in [2.75, 3.05) is 32.1 Å². The highest BCUT2D eigenvalue weighted by Gasteiger charge is 2.22. The van der Waals surface area contributed by atoms with Crippen LogP contribution in [0.2, 0.25) is 0 Å². The van der Waals surface area contributed by atoms with Crippen molar-refractivity contribution in [2.45, 2.75) is 6.54 Å². The summed E-state index contributed by atoms with van der Waals surface area (Å²) in [5.74, 6) is 0.786. The third kappa shape index (κ3) is 2.77. The second-order valence-corrected chi connectivity index (χ2v) is 5.64. The van der Waals surface area contributed by atoms with E-state index in [1.165, 1.54) is 0 Å². The van der Waals surface area contributed by atoms with Crippen LogP contribution in [0.4, 0.5) is 5.69 Å². The number of aromatic nitrogens is 2. The van der Waals surface area contributed by atoms with Gasteiger partial charge in [-0.3, -0.25) is 9.48 Å². The van der Waals surface area contributed by atoms with E-state index in [1.807, 2.05) is 31.1 Å². The first-order valence-electron chi connectivity index (χ1n) is 7.26. The van der Waals surface area contributed by atoms with Crippen LogP contribution in [-0.2, 0) is 13.6 Å². The van der Waals surface area contributed by atoms with Gasteiger partial charge in [0.05, 0.1) is 6.54 Å². The Kier molecular flexibility index (Phi) is 3.75. The Labute approximate surface area is 129 Å². The molecule has 3 rings (SSSR count). The van der Waals surface area contributed by atoms with Crippen LogP contribution in [0.5, 0.6) is 5.75 Å². The standard InChI is InChI=1S/C16H20N4O2/c1-18(2)13-4-5-15-12(10-13)11-20(8-9-22-15)16(21)14-6-7-19(3)17-14/h4-7,10H,8-9,11H2,1-3H3. The van der Waals surface area contributed by atoms with E-state index in [4.69, 9.17) is 4.74 Å². The molecule has 1 aliphatic rings. The van der Waals surface area contributed by atoms with Crippen molar-refractivity contribution in [1.29, 1.82) is 0 Å². The fourth-order valence-corrected chi connectivity index (χ4v) is 2.52. The summed E-state index contributed by atoms with van der Waals surface area (Å²) in [6.07, 6.45) is 1.78. The minimum absolute atomic E-state index is 0.0627. The fourth-order valence-electron chi connectivity index (χ4n) is 2.52. The molecule has 6 nitrogen and oxygen atoms in total. The molecule has 0 saturated heterocycles. The first-order chi connectivity index (χ1) is 10.5. The molecule has 22 heavy (non-hydrogen) atoms. The van der Waals surface area contributed by atoms with Gasteiger partial charge in [0.2, 0.25) is 0 Å². The van der Waals surface area contributed by atoms with Crippen LogP contribution in [0.15, 0.2) is 30.5 Å². The third-order valence-electron chi connectivity index (χ3n) is 3.76. The Hall–Kier alpha value is -2.50. The molecular formula is C16H20N4O2. The van der Waals surface area contributed by atoms with Crippen LogP contribution in [0.1, 0.15) is 16.1 Å². The number of carbonyl (C=O) groups excluding carboxylic acids is 1. The second-order valence-electron chi connectivity index (χ2n) is 5.64. The summed E-state index contributed by atoms with van der Waals surface area (Å²) in [5, 5.41) is 4.19. The summed E-state index contributed by atoms with van der Waals surface area (Å²) in [5.41, 5.74) is 2.58. The Balaban J connectivity index is 1.87. The molecule has 0 radical (unpaired) electrons. The van der Waals surface area contributed by atoms with Crippen molar-refractivity contribution in [1.82, 2.24) is 14.7 Å². The fraction of sp³-hybridized carbons (Fsp3) is 0.375. The maximum atomic E-state index is 12.6. The molecule has 0 saturated carbocycles. The van der Waals surface area contributed by atoms with E-state index in [0.717, 1.165) is 17.0 Å². The normalized spacial score (nSPS) is 14.0. The van der Waals surface area contributed by atoms with Gasteiger partial charge in [-0.25, -0.2) is 0 Å². The van der Waals surface area contributed by atoms with Crippen LogP contribution in [0.25, 0.3) is 0 Å². The van der Waals surface area contributed by atoms with Crippen LogP contribution in [0.3, 0.4) is 0 Å². The van der Waals surface area contributed by atoms with E-state index in [2.05, 4.69) is 11.2 Å². The number of hydrogen-bond donors (Lipinski definition) is 0. The van der Waals surface area contributed by atoms with E-state index < -0.39 is 0 Å². The van der Waals surface area contributed by atoms with Gasteiger partial charge < -0.3 is 14.5 Å². The van der Waals surface area contributed by atoms with Crippen molar-refractivity contribution < 1.29 is 9.53 Å². The molecule has 6 heteroatoms. The highest BCUT2D eigenvalue weighted by Crippen LogP contribution is 2.27. The van der Waals surface area contributed by atoms with E-state index in [9.17, 15) is 4.79 Å². The van der Waals surface area contributed by atoms with Crippen molar-refractivity contribution in [3.63, 3.8) is 0 Å². The van der Waals surface area contributed by atoms with Gasteiger partial charge in [0.25, 0.3) is 5.91 Å². The number of benzene rings is 1. The zero-order valence-electron chi connectivity index (χ0n) is 13.1. The lowest BCUT2D eigenvalue weighted by Gasteiger charge is -2.19. The summed E-state index contributed by atoms with van der Waals surface area (Å²) in [7, 11) is 5.80. The Morgan fingerprint density at radius 3 is 2.82 bits per heavy atom. The van der Waals surface area contributed by atoms with E-state index in [1.54, 1.807) is 28.9 Å². The van der Waals surface area contributed by atoms with Gasteiger partial charge in [0.15, 0.2) is 0 Å². The summed E-state index contributed by atoms with van der Waals surface area (Å²) in [6, 6.07) is 7.80. The van der Waals surface area contributed by atoms with Crippen molar-refractivity contribution in [3.05, 3.63) is 41.7 Å². The predicted octanol–water partition coefficient (Wildman–Crippen LogP) is 1.52. The molecule has 1 aromatic carbocycles. The quantitative estimate of drug-likeness (QED) is 0.844. The number of ether oxygens (including phenoxy) is 1. The average Bonchev–Trinajstić information content (AvgIpc) is 2.81. The Bertz CT molecular complexity index is 693. The highest BCUT2D eigenvalue weighted by molar-refractivity contribution is 5.92. The summed E-state index contributed by atoms with van der Waals surface area (Å²) < 4.78 is 7.41. The van der Waals surface area contributed by atoms with Crippen molar-refractivity contribution in [3.8, 4) is 5.75 Å². The Morgan fingerprint density at radius 2 is 2.14 bits per heavy atom. The Morgan fingerprint density at radius 1 is 1.32 bits per heavy atom. The number of anilines is 1. The zero-order valence-corrected chi connectivity index (χ0v) is 13.1. The van der Waals surface area contributed by atoms with Crippen LogP contribution in [0, 0.1) is 0 Å². The van der Waals surface area contributed by atoms with Crippen LogP contribution >= 0.6 is 0 Å². The van der Waals surface area contributed by atoms with E-state index in [-0.39, 0.29) is 5.91 Å². The monoisotopic (exact) mass is 300 g/mol. The summed E-state index contributed by atoms with van der Waals surface area (Å²) >= 11 is 0. The molecule has 0 bridgehead atoms. The molecular weight excluding hydrogens is 280 g/mol. The third-order valence-corrected chi connectivity index (χ3v) is 3.76. The highest BCUT2D eigenvalue weighted by atomic mass is 16.5. The van der Waals surface area contributed by atoms with Gasteiger partial charge in [0.1, 0.15) is 18.1 Å². The number of rotatable bonds is 2.